The minimum atomic E-state index is -0.311. The van der Waals surface area contributed by atoms with Gasteiger partial charge in [-0.25, -0.2) is 9.07 Å². The van der Waals surface area contributed by atoms with E-state index in [1.54, 1.807) is 23.7 Å². The van der Waals surface area contributed by atoms with Crippen molar-refractivity contribution in [3.8, 4) is 5.69 Å². The number of aryl methyl sites for hydroxylation is 1. The number of benzene rings is 2. The fourth-order valence-corrected chi connectivity index (χ4v) is 3.78. The number of likely N-dealkylation sites (N-methyl/N-ethyl adjacent to an activating group) is 1. The lowest BCUT2D eigenvalue weighted by molar-refractivity contribution is 0.102. The first-order valence-corrected chi connectivity index (χ1v) is 10.2. The molecular formula is C24H26FN5O. The predicted octanol–water partition coefficient (Wildman–Crippen LogP) is 4.40. The Morgan fingerprint density at radius 2 is 1.84 bits per heavy atom. The van der Waals surface area contributed by atoms with Crippen LogP contribution in [0.1, 0.15) is 21.7 Å². The van der Waals surface area contributed by atoms with Crippen LogP contribution in [0.2, 0.25) is 0 Å². The molecule has 4 aromatic rings. The number of rotatable bonds is 6. The van der Waals surface area contributed by atoms with Crippen LogP contribution in [-0.4, -0.2) is 45.8 Å². The third-order valence-corrected chi connectivity index (χ3v) is 5.41. The van der Waals surface area contributed by atoms with Crippen LogP contribution in [0.3, 0.4) is 0 Å². The van der Waals surface area contributed by atoms with E-state index in [-0.39, 0.29) is 11.7 Å². The summed E-state index contributed by atoms with van der Waals surface area (Å²) >= 11 is 0. The number of nitrogens with one attached hydrogen (secondary N) is 1. The number of carbonyl (C=O) groups is 1. The highest BCUT2D eigenvalue weighted by atomic mass is 19.1. The second-order valence-corrected chi connectivity index (χ2v) is 7.97. The third kappa shape index (κ3) is 4.22. The van der Waals surface area contributed by atoms with E-state index in [0.717, 1.165) is 29.7 Å². The van der Waals surface area contributed by atoms with Crippen molar-refractivity contribution >= 4 is 22.5 Å². The monoisotopic (exact) mass is 419 g/mol. The van der Waals surface area contributed by atoms with Crippen LogP contribution >= 0.6 is 0 Å². The molecule has 2 aromatic carbocycles. The van der Waals surface area contributed by atoms with E-state index >= 15 is 0 Å². The first kappa shape index (κ1) is 20.8. The van der Waals surface area contributed by atoms with Gasteiger partial charge in [0.2, 0.25) is 0 Å². The summed E-state index contributed by atoms with van der Waals surface area (Å²) in [6.45, 7) is 5.50. The normalized spacial score (nSPS) is 11.4. The Balaban J connectivity index is 1.57. The molecule has 31 heavy (non-hydrogen) atoms. The Labute approximate surface area is 180 Å². The van der Waals surface area contributed by atoms with Crippen LogP contribution in [0.4, 0.5) is 10.1 Å². The predicted molar refractivity (Wildman–Crippen MR) is 121 cm³/mol. The zero-order valence-corrected chi connectivity index (χ0v) is 18.2. The van der Waals surface area contributed by atoms with Gasteiger partial charge in [0, 0.05) is 35.9 Å². The van der Waals surface area contributed by atoms with Gasteiger partial charge in [0.1, 0.15) is 5.82 Å². The summed E-state index contributed by atoms with van der Waals surface area (Å²) in [5, 5.41) is 8.56. The number of anilines is 1. The standard InChI is InChI=1S/C24H26FN5O/c1-16-23(17(2)30(27-16)21-8-5-19(25)6-9-21)24(31)26-20-7-10-22-18(15-20)11-12-29(22)14-13-28(3)4/h5-12,15H,13-14H2,1-4H3,(H,26,31). The number of carbonyl (C=O) groups excluding carboxylic acids is 1. The number of hydrogen-bond acceptors (Lipinski definition) is 3. The van der Waals surface area contributed by atoms with Crippen LogP contribution in [0.25, 0.3) is 16.6 Å². The zero-order chi connectivity index (χ0) is 22.1. The summed E-state index contributed by atoms with van der Waals surface area (Å²) in [7, 11) is 4.11. The van der Waals surface area contributed by atoms with Gasteiger partial charge in [-0.15, -0.1) is 0 Å². The van der Waals surface area contributed by atoms with Gasteiger partial charge in [0.05, 0.1) is 22.6 Å². The maximum Gasteiger partial charge on any atom is 0.259 e. The Morgan fingerprint density at radius 1 is 1.10 bits per heavy atom. The van der Waals surface area contributed by atoms with E-state index in [2.05, 4.69) is 46.2 Å². The average Bonchev–Trinajstić information content (AvgIpc) is 3.26. The van der Waals surface area contributed by atoms with Crippen LogP contribution in [0.5, 0.6) is 0 Å². The molecule has 0 unspecified atom stereocenters. The van der Waals surface area contributed by atoms with E-state index in [1.807, 2.05) is 25.1 Å². The first-order valence-electron chi connectivity index (χ1n) is 10.2. The van der Waals surface area contributed by atoms with Crippen molar-refractivity contribution in [3.63, 3.8) is 0 Å². The molecule has 0 spiro atoms. The second-order valence-electron chi connectivity index (χ2n) is 7.97. The van der Waals surface area contributed by atoms with Crippen molar-refractivity contribution < 1.29 is 9.18 Å². The zero-order valence-electron chi connectivity index (χ0n) is 18.2. The number of halogens is 1. The van der Waals surface area contributed by atoms with Crippen molar-refractivity contribution in [1.29, 1.82) is 0 Å². The van der Waals surface area contributed by atoms with E-state index in [9.17, 15) is 9.18 Å². The Hall–Kier alpha value is -3.45. The minimum absolute atomic E-state index is 0.213. The summed E-state index contributed by atoms with van der Waals surface area (Å²) in [5.41, 5.74) is 4.43. The van der Waals surface area contributed by atoms with E-state index < -0.39 is 0 Å². The quantitative estimate of drug-likeness (QED) is 0.504. The number of aromatic nitrogens is 3. The van der Waals surface area contributed by atoms with Gasteiger partial charge in [0.15, 0.2) is 0 Å². The molecule has 1 amide bonds. The smallest absolute Gasteiger partial charge is 0.259 e. The summed E-state index contributed by atoms with van der Waals surface area (Å²) < 4.78 is 17.1. The molecule has 0 aliphatic heterocycles. The van der Waals surface area contributed by atoms with Crippen molar-refractivity contribution in [2.45, 2.75) is 20.4 Å². The second kappa shape index (κ2) is 8.35. The van der Waals surface area contributed by atoms with Crippen LogP contribution in [0, 0.1) is 19.7 Å². The fourth-order valence-electron chi connectivity index (χ4n) is 3.78. The van der Waals surface area contributed by atoms with E-state index in [0.29, 0.717) is 22.6 Å². The lowest BCUT2D eigenvalue weighted by Crippen LogP contribution is -2.17. The average molecular weight is 420 g/mol. The number of nitrogens with zero attached hydrogens (tertiary/aromatic N) is 4. The SMILES string of the molecule is Cc1nn(-c2ccc(F)cc2)c(C)c1C(=O)Nc1ccc2c(ccn2CCN(C)C)c1. The van der Waals surface area contributed by atoms with Crippen LogP contribution < -0.4 is 5.32 Å². The molecule has 7 heteroatoms. The van der Waals surface area contributed by atoms with Gasteiger partial charge in [0.25, 0.3) is 5.91 Å². The van der Waals surface area contributed by atoms with Gasteiger partial charge in [-0.3, -0.25) is 4.79 Å². The highest BCUT2D eigenvalue weighted by Gasteiger charge is 2.20. The largest absolute Gasteiger partial charge is 0.346 e. The van der Waals surface area contributed by atoms with Crippen molar-refractivity contribution in [2.75, 3.05) is 26.0 Å². The van der Waals surface area contributed by atoms with Gasteiger partial charge < -0.3 is 14.8 Å². The minimum Gasteiger partial charge on any atom is -0.346 e. The highest BCUT2D eigenvalue weighted by Crippen LogP contribution is 2.23. The first-order chi connectivity index (χ1) is 14.8. The molecule has 2 aromatic heterocycles. The molecule has 0 radical (unpaired) electrons. The Bertz CT molecular complexity index is 1240. The highest BCUT2D eigenvalue weighted by molar-refractivity contribution is 6.06. The maximum atomic E-state index is 13.3. The molecule has 0 atom stereocenters. The van der Waals surface area contributed by atoms with Crippen LogP contribution in [-0.2, 0) is 6.54 Å². The van der Waals surface area contributed by atoms with Gasteiger partial charge in [-0.1, -0.05) is 0 Å². The molecule has 6 nitrogen and oxygen atoms in total. The summed E-state index contributed by atoms with van der Waals surface area (Å²) in [6, 6.07) is 14.0. The Kier molecular flexibility index (Phi) is 5.61. The molecule has 0 saturated carbocycles. The summed E-state index contributed by atoms with van der Waals surface area (Å²) in [6.07, 6.45) is 2.07. The van der Waals surface area contributed by atoms with E-state index in [4.69, 9.17) is 0 Å². The summed E-state index contributed by atoms with van der Waals surface area (Å²) in [5.74, 6) is -0.524. The number of fused-ring (bicyclic) bond motifs is 1. The number of hydrogen-bond donors (Lipinski definition) is 1. The Morgan fingerprint density at radius 3 is 2.55 bits per heavy atom. The molecule has 0 aliphatic rings. The summed E-state index contributed by atoms with van der Waals surface area (Å²) in [4.78, 5) is 15.2. The fraction of sp³-hybridized carbons (Fsp3) is 0.250. The molecule has 1 N–H and O–H groups in total. The number of amides is 1. The molecular weight excluding hydrogens is 393 g/mol. The molecule has 2 heterocycles. The topological polar surface area (TPSA) is 55.1 Å². The van der Waals surface area contributed by atoms with Gasteiger partial charge >= 0.3 is 0 Å². The lowest BCUT2D eigenvalue weighted by Gasteiger charge is -2.11. The van der Waals surface area contributed by atoms with Gasteiger partial charge in [-0.05, 0) is 76.5 Å². The van der Waals surface area contributed by atoms with Crippen molar-refractivity contribution in [2.24, 2.45) is 0 Å². The van der Waals surface area contributed by atoms with Crippen molar-refractivity contribution in [3.05, 3.63) is 77.5 Å². The molecule has 160 valence electrons. The van der Waals surface area contributed by atoms with Crippen LogP contribution in [0.15, 0.2) is 54.7 Å². The molecule has 0 aliphatic carbocycles. The third-order valence-electron chi connectivity index (χ3n) is 5.41. The van der Waals surface area contributed by atoms with E-state index in [1.165, 1.54) is 12.1 Å². The molecule has 0 fully saturated rings. The molecule has 4 rings (SSSR count). The maximum absolute atomic E-state index is 13.3. The van der Waals surface area contributed by atoms with Crippen molar-refractivity contribution in [1.82, 2.24) is 19.2 Å². The lowest BCUT2D eigenvalue weighted by atomic mass is 10.1. The van der Waals surface area contributed by atoms with Gasteiger partial charge in [-0.2, -0.15) is 5.10 Å². The molecule has 0 saturated heterocycles. The molecule has 0 bridgehead atoms.